The van der Waals surface area contributed by atoms with Crippen molar-refractivity contribution in [3.8, 4) is 0 Å². The molecule has 1 aromatic carbocycles. The Morgan fingerprint density at radius 2 is 2.11 bits per heavy atom. The molecule has 3 nitrogen and oxygen atoms in total. The fourth-order valence-corrected chi connectivity index (χ4v) is 3.43. The number of rotatable bonds is 3. The second-order valence-electron chi connectivity index (χ2n) is 4.82. The Kier molecular flexibility index (Phi) is 5.63. The summed E-state index contributed by atoms with van der Waals surface area (Å²) in [5.41, 5.74) is 1.19. The van der Waals surface area contributed by atoms with Gasteiger partial charge in [-0.15, -0.1) is 0 Å². The van der Waals surface area contributed by atoms with Crippen LogP contribution < -0.4 is 0 Å². The average molecular weight is 374 g/mol. The molecule has 1 aliphatic heterocycles. The van der Waals surface area contributed by atoms with Crippen LogP contribution in [0.2, 0.25) is 0 Å². The number of hydrogen-bond donors (Lipinski definition) is 0. The summed E-state index contributed by atoms with van der Waals surface area (Å²) in [5.74, 6) is -0.191. The van der Waals surface area contributed by atoms with Gasteiger partial charge in [0.1, 0.15) is 0 Å². The van der Waals surface area contributed by atoms with Gasteiger partial charge in [0.2, 0.25) is 0 Å². The van der Waals surface area contributed by atoms with E-state index in [1.807, 2.05) is 18.2 Å². The van der Waals surface area contributed by atoms with Gasteiger partial charge in [-0.1, -0.05) is 52.9 Å². The smallest absolute Gasteiger partial charge is 0.308 e. The molecule has 104 valence electrons. The van der Waals surface area contributed by atoms with Crippen molar-refractivity contribution in [2.75, 3.05) is 7.11 Å². The third kappa shape index (κ3) is 4.18. The Morgan fingerprint density at radius 1 is 1.37 bits per heavy atom. The zero-order valence-electron chi connectivity index (χ0n) is 11.0. The van der Waals surface area contributed by atoms with E-state index in [4.69, 9.17) is 9.47 Å². The molecule has 3 atom stereocenters. The highest BCUT2D eigenvalue weighted by atomic mass is 127. The molecule has 0 aromatic heterocycles. The highest BCUT2D eigenvalue weighted by Crippen LogP contribution is 2.35. The van der Waals surface area contributed by atoms with Gasteiger partial charge in [0.05, 0.1) is 25.7 Å². The maximum absolute atomic E-state index is 11.4. The maximum atomic E-state index is 11.4. The van der Waals surface area contributed by atoms with E-state index in [2.05, 4.69) is 34.7 Å². The lowest BCUT2D eigenvalue weighted by Gasteiger charge is -2.24. The summed E-state index contributed by atoms with van der Waals surface area (Å²) in [6.45, 7) is 0. The maximum Gasteiger partial charge on any atom is 0.308 e. The van der Waals surface area contributed by atoms with Gasteiger partial charge in [0.15, 0.2) is 0 Å². The normalized spacial score (nSPS) is 27.6. The molecule has 0 N–H and O–H groups in total. The molecule has 4 heteroatoms. The second-order valence-corrected chi connectivity index (χ2v) is 6.42. The SMILES string of the molecule is COC(=O)C[C@H]1CCCC(I)[C@@H](c2ccccc2)O1. The third-order valence-electron chi connectivity index (χ3n) is 3.42. The summed E-state index contributed by atoms with van der Waals surface area (Å²) >= 11 is 2.46. The number of halogens is 1. The molecule has 0 radical (unpaired) electrons. The van der Waals surface area contributed by atoms with E-state index in [-0.39, 0.29) is 18.2 Å². The summed E-state index contributed by atoms with van der Waals surface area (Å²) in [7, 11) is 1.43. The first-order valence-corrected chi connectivity index (χ1v) is 7.86. The second kappa shape index (κ2) is 7.24. The van der Waals surface area contributed by atoms with E-state index < -0.39 is 0 Å². The lowest BCUT2D eigenvalue weighted by molar-refractivity contribution is -0.145. The molecular formula is C15H19IO3. The van der Waals surface area contributed by atoms with Gasteiger partial charge in [-0.2, -0.15) is 0 Å². The molecule has 1 aromatic rings. The number of ether oxygens (including phenoxy) is 2. The van der Waals surface area contributed by atoms with Gasteiger partial charge in [-0.05, 0) is 24.8 Å². The standard InChI is InChI=1S/C15H19IO3/c1-18-14(17)10-12-8-5-9-13(16)15(19-12)11-6-3-2-4-7-11/h2-4,6-7,12-13,15H,5,8-10H2,1H3/t12-,13?,15-/m1/s1. The highest BCUT2D eigenvalue weighted by molar-refractivity contribution is 14.1. The molecule has 1 unspecified atom stereocenters. The molecule has 0 saturated carbocycles. The number of carbonyl (C=O) groups excluding carboxylic acids is 1. The lowest BCUT2D eigenvalue weighted by atomic mass is 10.0. The number of carbonyl (C=O) groups is 1. The van der Waals surface area contributed by atoms with Crippen LogP contribution >= 0.6 is 22.6 Å². The van der Waals surface area contributed by atoms with Crippen LogP contribution in [-0.4, -0.2) is 23.1 Å². The molecule has 0 amide bonds. The van der Waals surface area contributed by atoms with Crippen molar-refractivity contribution < 1.29 is 14.3 Å². The van der Waals surface area contributed by atoms with Crippen LogP contribution in [-0.2, 0) is 14.3 Å². The van der Waals surface area contributed by atoms with Gasteiger partial charge in [-0.3, -0.25) is 4.79 Å². The molecule has 19 heavy (non-hydrogen) atoms. The molecule has 1 aliphatic rings. The summed E-state index contributed by atoms with van der Waals surface area (Å²) in [6, 6.07) is 10.3. The number of methoxy groups -OCH3 is 1. The minimum atomic E-state index is -0.191. The van der Waals surface area contributed by atoms with E-state index in [0.717, 1.165) is 19.3 Å². The average Bonchev–Trinajstić information content (AvgIpc) is 2.62. The Hall–Kier alpha value is -0.620. The van der Waals surface area contributed by atoms with Crippen molar-refractivity contribution in [1.82, 2.24) is 0 Å². The minimum absolute atomic E-state index is 0.0302. The Bertz CT molecular complexity index is 407. The zero-order valence-corrected chi connectivity index (χ0v) is 13.2. The molecule has 0 spiro atoms. The summed E-state index contributed by atoms with van der Waals surface area (Å²) < 4.78 is 11.4. The van der Waals surface area contributed by atoms with Crippen molar-refractivity contribution in [3.05, 3.63) is 35.9 Å². The molecule has 1 heterocycles. The third-order valence-corrected chi connectivity index (χ3v) is 4.70. The van der Waals surface area contributed by atoms with Crippen LogP contribution in [0.3, 0.4) is 0 Å². The van der Waals surface area contributed by atoms with Gasteiger partial charge < -0.3 is 9.47 Å². The first-order chi connectivity index (χ1) is 9.20. The monoisotopic (exact) mass is 374 g/mol. The summed E-state index contributed by atoms with van der Waals surface area (Å²) in [4.78, 5) is 11.4. The molecule has 0 aliphatic carbocycles. The van der Waals surface area contributed by atoms with Crippen LogP contribution in [0.15, 0.2) is 30.3 Å². The van der Waals surface area contributed by atoms with Crippen molar-refractivity contribution in [1.29, 1.82) is 0 Å². The van der Waals surface area contributed by atoms with Gasteiger partial charge >= 0.3 is 5.97 Å². The number of hydrogen-bond acceptors (Lipinski definition) is 3. The Morgan fingerprint density at radius 3 is 2.79 bits per heavy atom. The quantitative estimate of drug-likeness (QED) is 0.460. The van der Waals surface area contributed by atoms with E-state index in [1.165, 1.54) is 12.7 Å². The molecule has 0 bridgehead atoms. The van der Waals surface area contributed by atoms with E-state index >= 15 is 0 Å². The van der Waals surface area contributed by atoms with Crippen LogP contribution in [0.1, 0.15) is 37.4 Å². The molecule has 1 fully saturated rings. The van der Waals surface area contributed by atoms with Crippen LogP contribution in [0.4, 0.5) is 0 Å². The van der Waals surface area contributed by atoms with Crippen molar-refractivity contribution in [2.45, 2.75) is 41.8 Å². The predicted molar refractivity (Wildman–Crippen MR) is 82.3 cm³/mol. The summed E-state index contributed by atoms with van der Waals surface area (Å²) in [5, 5.41) is 0. The minimum Gasteiger partial charge on any atom is -0.469 e. The van der Waals surface area contributed by atoms with Crippen molar-refractivity contribution >= 4 is 28.6 Å². The van der Waals surface area contributed by atoms with E-state index in [0.29, 0.717) is 10.3 Å². The van der Waals surface area contributed by atoms with Crippen LogP contribution in [0.25, 0.3) is 0 Å². The number of esters is 1. The molecule has 1 saturated heterocycles. The van der Waals surface area contributed by atoms with Crippen LogP contribution in [0, 0.1) is 0 Å². The van der Waals surface area contributed by atoms with Crippen molar-refractivity contribution in [3.63, 3.8) is 0 Å². The molecular weight excluding hydrogens is 355 g/mol. The van der Waals surface area contributed by atoms with Crippen molar-refractivity contribution in [2.24, 2.45) is 0 Å². The van der Waals surface area contributed by atoms with Gasteiger partial charge in [0, 0.05) is 3.92 Å². The highest BCUT2D eigenvalue weighted by Gasteiger charge is 2.29. The van der Waals surface area contributed by atoms with Gasteiger partial charge in [-0.25, -0.2) is 0 Å². The van der Waals surface area contributed by atoms with E-state index in [9.17, 15) is 4.79 Å². The fraction of sp³-hybridized carbons (Fsp3) is 0.533. The largest absolute Gasteiger partial charge is 0.469 e. The Balaban J connectivity index is 2.09. The van der Waals surface area contributed by atoms with Crippen LogP contribution in [0.5, 0.6) is 0 Å². The molecule has 2 rings (SSSR count). The lowest BCUT2D eigenvalue weighted by Crippen LogP contribution is -2.22. The number of alkyl halides is 1. The fourth-order valence-electron chi connectivity index (χ4n) is 2.40. The van der Waals surface area contributed by atoms with Gasteiger partial charge in [0.25, 0.3) is 0 Å². The summed E-state index contributed by atoms with van der Waals surface area (Å²) in [6.07, 6.45) is 3.54. The Labute approximate surface area is 127 Å². The van der Waals surface area contributed by atoms with E-state index in [1.54, 1.807) is 0 Å². The number of benzene rings is 1. The predicted octanol–water partition coefficient (Wildman–Crippen LogP) is 3.66. The first-order valence-electron chi connectivity index (χ1n) is 6.62. The zero-order chi connectivity index (χ0) is 13.7. The topological polar surface area (TPSA) is 35.5 Å². The first kappa shape index (κ1) is 14.8.